The molecule has 4 rings (SSSR count). The molecule has 7 nitrogen and oxygen atoms in total. The molecular formula is C30H41N3O4. The molecule has 1 heterocycles. The lowest BCUT2D eigenvalue weighted by atomic mass is 9.70. The number of imidazole rings is 1. The number of carbonyl (C=O) groups is 1. The average molecular weight is 508 g/mol. The van der Waals surface area contributed by atoms with Gasteiger partial charge >= 0.3 is 5.97 Å². The maximum atomic E-state index is 11.8. The van der Waals surface area contributed by atoms with Gasteiger partial charge in [-0.15, -0.1) is 0 Å². The van der Waals surface area contributed by atoms with E-state index < -0.39 is 0 Å². The van der Waals surface area contributed by atoms with Gasteiger partial charge in [-0.25, -0.2) is 4.98 Å². The first kappa shape index (κ1) is 26.8. The van der Waals surface area contributed by atoms with Crippen molar-refractivity contribution in [3.63, 3.8) is 0 Å². The Balaban J connectivity index is 1.76. The van der Waals surface area contributed by atoms with Crippen molar-refractivity contribution in [2.75, 3.05) is 19.5 Å². The van der Waals surface area contributed by atoms with E-state index in [0.717, 1.165) is 52.6 Å². The van der Waals surface area contributed by atoms with E-state index in [1.165, 1.54) is 13.5 Å². The van der Waals surface area contributed by atoms with Crippen molar-refractivity contribution in [3.05, 3.63) is 42.0 Å². The number of ether oxygens (including phenoxy) is 3. The maximum absolute atomic E-state index is 11.8. The Bertz CT molecular complexity index is 1230. The molecule has 0 saturated heterocycles. The summed E-state index contributed by atoms with van der Waals surface area (Å²) in [6.45, 7) is 11.1. The van der Waals surface area contributed by atoms with Crippen molar-refractivity contribution in [1.82, 2.24) is 9.55 Å². The molecule has 2 atom stereocenters. The van der Waals surface area contributed by atoms with Gasteiger partial charge in [-0.2, -0.15) is 0 Å². The second-order valence-electron chi connectivity index (χ2n) is 11.4. The molecule has 37 heavy (non-hydrogen) atoms. The third-order valence-corrected chi connectivity index (χ3v) is 7.13. The van der Waals surface area contributed by atoms with E-state index in [9.17, 15) is 4.79 Å². The largest absolute Gasteiger partial charge is 0.496 e. The van der Waals surface area contributed by atoms with Crippen molar-refractivity contribution < 1.29 is 19.0 Å². The van der Waals surface area contributed by atoms with Crippen molar-refractivity contribution in [3.8, 4) is 11.5 Å². The van der Waals surface area contributed by atoms with Crippen LogP contribution in [0.1, 0.15) is 71.9 Å². The molecule has 1 aliphatic rings. The number of fused-ring (bicyclic) bond motifs is 1. The third kappa shape index (κ3) is 6.38. The number of aryl methyl sites for hydroxylation is 1. The van der Waals surface area contributed by atoms with Crippen molar-refractivity contribution >= 4 is 28.6 Å². The van der Waals surface area contributed by atoms with Crippen LogP contribution in [0.2, 0.25) is 0 Å². The SMILES string of the molecule is COC(=O)CCc1cc2nc(Nc3ccc(OC(C)C)cc3)n([C@@H]3C[C@H](C)CC(C)(C)C3)c2cc1OC. The second-order valence-corrected chi connectivity index (χ2v) is 11.4. The van der Waals surface area contributed by atoms with Crippen LogP contribution in [0, 0.1) is 11.3 Å². The van der Waals surface area contributed by atoms with E-state index in [-0.39, 0.29) is 17.5 Å². The van der Waals surface area contributed by atoms with E-state index in [0.29, 0.717) is 24.8 Å². The number of nitrogens with zero attached hydrogens (tertiary/aromatic N) is 2. The zero-order valence-electron chi connectivity index (χ0n) is 23.3. The zero-order chi connectivity index (χ0) is 26.7. The van der Waals surface area contributed by atoms with Gasteiger partial charge in [-0.1, -0.05) is 20.8 Å². The number of nitrogens with one attached hydrogen (secondary N) is 1. The summed E-state index contributed by atoms with van der Waals surface area (Å²) >= 11 is 0. The Kier molecular flexibility index (Phi) is 8.00. The Hall–Kier alpha value is -3.22. The lowest BCUT2D eigenvalue weighted by molar-refractivity contribution is -0.140. The molecule has 0 unspecified atom stereocenters. The van der Waals surface area contributed by atoms with Crippen molar-refractivity contribution in [2.45, 2.75) is 78.9 Å². The Morgan fingerprint density at radius 1 is 1.16 bits per heavy atom. The number of rotatable bonds is 9. The molecule has 0 bridgehead atoms. The molecule has 0 aliphatic heterocycles. The minimum Gasteiger partial charge on any atom is -0.496 e. The minimum atomic E-state index is -0.238. The second kappa shape index (κ2) is 11.0. The molecule has 2 aromatic carbocycles. The van der Waals surface area contributed by atoms with Crippen molar-refractivity contribution in [1.29, 1.82) is 0 Å². The summed E-state index contributed by atoms with van der Waals surface area (Å²) < 4.78 is 18.8. The molecule has 1 fully saturated rings. The maximum Gasteiger partial charge on any atom is 0.305 e. The van der Waals surface area contributed by atoms with Crippen LogP contribution in [0.25, 0.3) is 11.0 Å². The molecular weight excluding hydrogens is 466 g/mol. The summed E-state index contributed by atoms with van der Waals surface area (Å²) in [4.78, 5) is 16.8. The number of carbonyl (C=O) groups excluding carboxylic acids is 1. The van der Waals surface area contributed by atoms with Crippen LogP contribution in [0.5, 0.6) is 11.5 Å². The van der Waals surface area contributed by atoms with Crippen LogP contribution in [0.15, 0.2) is 36.4 Å². The molecule has 7 heteroatoms. The van der Waals surface area contributed by atoms with Gasteiger partial charge in [-0.05, 0) is 86.8 Å². The molecule has 1 aliphatic carbocycles. The fraction of sp³-hybridized carbons (Fsp3) is 0.533. The van der Waals surface area contributed by atoms with Crippen molar-refractivity contribution in [2.24, 2.45) is 11.3 Å². The fourth-order valence-corrected chi connectivity index (χ4v) is 5.86. The van der Waals surface area contributed by atoms with E-state index in [4.69, 9.17) is 19.2 Å². The number of methoxy groups -OCH3 is 2. The average Bonchev–Trinajstić information content (AvgIpc) is 3.17. The Morgan fingerprint density at radius 3 is 2.51 bits per heavy atom. The highest BCUT2D eigenvalue weighted by Crippen LogP contribution is 2.46. The number of anilines is 2. The molecule has 200 valence electrons. The molecule has 3 aromatic rings. The van der Waals surface area contributed by atoms with Gasteiger partial charge in [0.05, 0.1) is 31.4 Å². The van der Waals surface area contributed by atoms with E-state index in [2.05, 4.69) is 42.8 Å². The van der Waals surface area contributed by atoms with Gasteiger partial charge in [0.25, 0.3) is 0 Å². The molecule has 1 aromatic heterocycles. The quantitative estimate of drug-likeness (QED) is 0.312. The first-order chi connectivity index (χ1) is 17.6. The summed E-state index contributed by atoms with van der Waals surface area (Å²) in [7, 11) is 3.09. The highest BCUT2D eigenvalue weighted by atomic mass is 16.5. The number of benzene rings is 2. The first-order valence-electron chi connectivity index (χ1n) is 13.3. The first-order valence-corrected chi connectivity index (χ1v) is 13.3. The van der Waals surface area contributed by atoms with Gasteiger partial charge in [-0.3, -0.25) is 4.79 Å². The number of hydrogen-bond donors (Lipinski definition) is 1. The summed E-state index contributed by atoms with van der Waals surface area (Å²) in [5, 5.41) is 3.58. The van der Waals surface area contributed by atoms with Gasteiger partial charge in [0.2, 0.25) is 5.95 Å². The Labute approximate surface area is 220 Å². The topological polar surface area (TPSA) is 74.6 Å². The third-order valence-electron chi connectivity index (χ3n) is 7.13. The van der Waals surface area contributed by atoms with Crippen LogP contribution >= 0.6 is 0 Å². The number of esters is 1. The monoisotopic (exact) mass is 507 g/mol. The molecule has 0 radical (unpaired) electrons. The van der Waals surface area contributed by atoms with E-state index in [1.807, 2.05) is 38.1 Å². The van der Waals surface area contributed by atoms with Gasteiger partial charge in [0.15, 0.2) is 0 Å². The number of hydrogen-bond acceptors (Lipinski definition) is 6. The molecule has 0 amide bonds. The lowest BCUT2D eigenvalue weighted by Crippen LogP contribution is -2.29. The highest BCUT2D eigenvalue weighted by molar-refractivity contribution is 5.83. The summed E-state index contributed by atoms with van der Waals surface area (Å²) in [6.07, 6.45) is 4.34. The van der Waals surface area contributed by atoms with Crippen LogP contribution in [0.3, 0.4) is 0 Å². The van der Waals surface area contributed by atoms with Gasteiger partial charge < -0.3 is 24.1 Å². The molecule has 0 spiro atoms. The predicted octanol–water partition coefficient (Wildman–Crippen LogP) is 7.07. The smallest absolute Gasteiger partial charge is 0.305 e. The van der Waals surface area contributed by atoms with Crippen LogP contribution in [0.4, 0.5) is 11.6 Å². The van der Waals surface area contributed by atoms with E-state index in [1.54, 1.807) is 7.11 Å². The molecule has 1 saturated carbocycles. The van der Waals surface area contributed by atoms with Crippen LogP contribution in [-0.4, -0.2) is 35.8 Å². The normalized spacial score (nSPS) is 19.1. The lowest BCUT2D eigenvalue weighted by Gasteiger charge is -2.40. The standard InChI is InChI=1S/C30H41N3O4/c1-19(2)37-24-11-9-22(10-12-24)31-29-32-25-15-21(8-13-28(34)36-7)27(35-6)16-26(25)33(29)23-14-20(3)17-30(4,5)18-23/h9-12,15-16,19-20,23H,8,13-14,17-18H2,1-7H3,(H,31,32)/t20-,23+/m0/s1. The van der Waals surface area contributed by atoms with Gasteiger partial charge in [0.1, 0.15) is 11.5 Å². The summed E-state index contributed by atoms with van der Waals surface area (Å²) in [5.74, 6) is 2.81. The summed E-state index contributed by atoms with van der Waals surface area (Å²) in [6, 6.07) is 12.4. The highest BCUT2D eigenvalue weighted by Gasteiger charge is 2.35. The Morgan fingerprint density at radius 2 is 1.89 bits per heavy atom. The summed E-state index contributed by atoms with van der Waals surface area (Å²) in [5.41, 5.74) is 4.07. The molecule has 1 N–H and O–H groups in total. The van der Waals surface area contributed by atoms with E-state index >= 15 is 0 Å². The predicted molar refractivity (Wildman–Crippen MR) is 148 cm³/mol. The number of aromatic nitrogens is 2. The van der Waals surface area contributed by atoms with Gasteiger partial charge in [0, 0.05) is 24.2 Å². The fourth-order valence-electron chi connectivity index (χ4n) is 5.86. The minimum absolute atomic E-state index is 0.128. The zero-order valence-corrected chi connectivity index (χ0v) is 23.3. The van der Waals surface area contributed by atoms with Crippen LogP contribution < -0.4 is 14.8 Å². The van der Waals surface area contributed by atoms with Crippen LogP contribution in [-0.2, 0) is 16.0 Å².